The summed E-state index contributed by atoms with van der Waals surface area (Å²) in [7, 11) is -2.33. The van der Waals surface area contributed by atoms with Gasteiger partial charge >= 0.3 is 0 Å². The largest absolute Gasteiger partial charge is 0.368 e. The number of benzene rings is 3. The lowest BCUT2D eigenvalue weighted by Crippen LogP contribution is -2.27. The minimum atomic E-state index is -3.68. The molecule has 0 spiro atoms. The molecule has 4 N–H and O–H groups in total. The molecule has 1 atom stereocenters. The molecule has 3 aromatic carbocycles. The van der Waals surface area contributed by atoms with Gasteiger partial charge in [-0.2, -0.15) is 4.98 Å². The summed E-state index contributed by atoms with van der Waals surface area (Å²) in [4.78, 5) is 27.1. The number of sulfonamides is 1. The van der Waals surface area contributed by atoms with Gasteiger partial charge in [0, 0.05) is 11.8 Å². The van der Waals surface area contributed by atoms with E-state index in [9.17, 15) is 13.2 Å². The highest BCUT2D eigenvalue weighted by atomic mass is 35.5. The van der Waals surface area contributed by atoms with E-state index < -0.39 is 16.1 Å². The van der Waals surface area contributed by atoms with Gasteiger partial charge in [-0.3, -0.25) is 9.36 Å². The minimum absolute atomic E-state index is 0.0196. The van der Waals surface area contributed by atoms with Crippen molar-refractivity contribution in [1.82, 2.24) is 24.2 Å². The normalized spacial score (nSPS) is 12.4. The van der Waals surface area contributed by atoms with Crippen molar-refractivity contribution < 1.29 is 8.42 Å². The average Bonchev–Trinajstić information content (AvgIpc) is 2.93. The molecule has 0 aliphatic heterocycles. The lowest BCUT2D eigenvalue weighted by atomic mass is 10.1. The molecule has 0 unspecified atom stereocenters. The maximum Gasteiger partial charge on any atom is 0.267 e. The SMILES string of the molecule is CNS(=O)(=O)c1cccc(-c2cnc(N)nc2N[C@@H](C)c2nc3cccc(Cl)c3c(=O)n2-c2ccccc2)c1. The molecule has 5 aromatic rings. The first kappa shape index (κ1) is 26.3. The predicted octanol–water partition coefficient (Wildman–Crippen LogP) is 4.16. The number of aromatic nitrogens is 4. The molecule has 5 rings (SSSR count). The lowest BCUT2D eigenvalue weighted by molar-refractivity contribution is 0.588. The van der Waals surface area contributed by atoms with Gasteiger partial charge in [0.05, 0.1) is 32.6 Å². The Labute approximate surface area is 229 Å². The fourth-order valence-electron chi connectivity index (χ4n) is 4.26. The molecule has 0 radical (unpaired) electrons. The summed E-state index contributed by atoms with van der Waals surface area (Å²) >= 11 is 6.40. The van der Waals surface area contributed by atoms with E-state index in [4.69, 9.17) is 22.3 Å². The van der Waals surface area contributed by atoms with Crippen LogP contribution in [0.3, 0.4) is 0 Å². The molecule has 0 bridgehead atoms. The molecule has 10 nitrogen and oxygen atoms in total. The average molecular weight is 562 g/mol. The van der Waals surface area contributed by atoms with E-state index in [0.29, 0.717) is 44.4 Å². The Bertz CT molecular complexity index is 1860. The molecule has 0 fully saturated rings. The first-order chi connectivity index (χ1) is 18.7. The first-order valence-electron chi connectivity index (χ1n) is 11.9. The van der Waals surface area contributed by atoms with Crippen molar-refractivity contribution in [3.8, 4) is 16.8 Å². The number of hydrogen-bond donors (Lipinski definition) is 3. The van der Waals surface area contributed by atoms with Crippen molar-refractivity contribution in [2.24, 2.45) is 0 Å². The molecule has 0 aliphatic rings. The zero-order valence-corrected chi connectivity index (χ0v) is 22.5. The molecule has 0 amide bonds. The van der Waals surface area contributed by atoms with E-state index in [1.165, 1.54) is 29.9 Å². The predicted molar refractivity (Wildman–Crippen MR) is 153 cm³/mol. The number of halogens is 1. The number of nitrogens with zero attached hydrogens (tertiary/aromatic N) is 4. The van der Waals surface area contributed by atoms with E-state index in [1.54, 1.807) is 30.3 Å². The third kappa shape index (κ3) is 5.07. The summed E-state index contributed by atoms with van der Waals surface area (Å²) in [5.74, 6) is 0.774. The lowest BCUT2D eigenvalue weighted by Gasteiger charge is -2.21. The summed E-state index contributed by atoms with van der Waals surface area (Å²) in [5, 5.41) is 3.93. The molecule has 2 aromatic heterocycles. The van der Waals surface area contributed by atoms with E-state index in [1.807, 2.05) is 37.3 Å². The smallest absolute Gasteiger partial charge is 0.267 e. The zero-order valence-electron chi connectivity index (χ0n) is 21.0. The van der Waals surface area contributed by atoms with Crippen molar-refractivity contribution in [2.45, 2.75) is 17.9 Å². The summed E-state index contributed by atoms with van der Waals surface area (Å²) < 4.78 is 28.6. The Morgan fingerprint density at radius 2 is 1.74 bits per heavy atom. The number of nitrogen functional groups attached to an aromatic ring is 1. The maximum atomic E-state index is 13.7. The molecule has 0 aliphatic carbocycles. The molecule has 12 heteroatoms. The molecular formula is C27H24ClN7O3S. The van der Waals surface area contributed by atoms with Crippen molar-refractivity contribution >= 4 is 44.3 Å². The van der Waals surface area contributed by atoms with Crippen LogP contribution in [0.4, 0.5) is 11.8 Å². The highest BCUT2D eigenvalue weighted by Gasteiger charge is 2.22. The van der Waals surface area contributed by atoms with Crippen LogP contribution < -0.4 is 21.3 Å². The number of hydrogen-bond acceptors (Lipinski definition) is 8. The number of nitrogens with two attached hydrogens (primary N) is 1. The van der Waals surface area contributed by atoms with Gasteiger partial charge in [-0.05, 0) is 55.9 Å². The molecular weight excluding hydrogens is 538 g/mol. The number of fused-ring (bicyclic) bond motifs is 1. The second-order valence-electron chi connectivity index (χ2n) is 8.67. The highest BCUT2D eigenvalue weighted by Crippen LogP contribution is 2.31. The van der Waals surface area contributed by atoms with E-state index in [0.717, 1.165) is 0 Å². The Balaban J connectivity index is 1.65. The second-order valence-corrected chi connectivity index (χ2v) is 11.0. The number of para-hydroxylation sites is 1. The highest BCUT2D eigenvalue weighted by molar-refractivity contribution is 7.89. The van der Waals surface area contributed by atoms with Gasteiger partial charge in [0.25, 0.3) is 5.56 Å². The monoisotopic (exact) mass is 561 g/mol. The Morgan fingerprint density at radius 3 is 2.49 bits per heavy atom. The summed E-state index contributed by atoms with van der Waals surface area (Å²) in [6.07, 6.45) is 1.51. The molecule has 39 heavy (non-hydrogen) atoms. The van der Waals surface area contributed by atoms with Crippen molar-refractivity contribution in [2.75, 3.05) is 18.1 Å². The van der Waals surface area contributed by atoms with Crippen LogP contribution in [0.15, 0.2) is 88.7 Å². The van der Waals surface area contributed by atoms with Crippen LogP contribution in [-0.4, -0.2) is 35.0 Å². The Morgan fingerprint density at radius 1 is 1.00 bits per heavy atom. The number of rotatable bonds is 7. The minimum Gasteiger partial charge on any atom is -0.368 e. The summed E-state index contributed by atoms with van der Waals surface area (Å²) in [6, 6.07) is 20.1. The molecule has 0 saturated carbocycles. The third-order valence-electron chi connectivity index (χ3n) is 6.16. The Hall–Kier alpha value is -4.32. The van der Waals surface area contributed by atoms with Crippen molar-refractivity contribution in [3.05, 3.63) is 100 Å². The fraction of sp³-hybridized carbons (Fsp3) is 0.111. The van der Waals surface area contributed by atoms with Crippen LogP contribution in [0, 0.1) is 0 Å². The fourth-order valence-corrected chi connectivity index (χ4v) is 5.28. The zero-order chi connectivity index (χ0) is 27.7. The van der Waals surface area contributed by atoms with Crippen LogP contribution in [0.1, 0.15) is 18.8 Å². The first-order valence-corrected chi connectivity index (χ1v) is 13.8. The summed E-state index contributed by atoms with van der Waals surface area (Å²) in [6.45, 7) is 1.83. The van der Waals surface area contributed by atoms with Crippen LogP contribution in [-0.2, 0) is 10.0 Å². The van der Waals surface area contributed by atoms with Crippen LogP contribution in [0.5, 0.6) is 0 Å². The van der Waals surface area contributed by atoms with E-state index in [-0.39, 0.29) is 16.4 Å². The molecule has 0 saturated heterocycles. The van der Waals surface area contributed by atoms with E-state index >= 15 is 0 Å². The maximum absolute atomic E-state index is 13.7. The van der Waals surface area contributed by atoms with Gasteiger partial charge in [-0.15, -0.1) is 0 Å². The van der Waals surface area contributed by atoms with E-state index in [2.05, 4.69) is 20.0 Å². The van der Waals surface area contributed by atoms with Crippen molar-refractivity contribution in [3.63, 3.8) is 0 Å². The summed E-state index contributed by atoms with van der Waals surface area (Å²) in [5.41, 5.74) is 7.75. The molecule has 198 valence electrons. The van der Waals surface area contributed by atoms with Gasteiger partial charge < -0.3 is 11.1 Å². The topological polar surface area (TPSA) is 145 Å². The number of anilines is 2. The van der Waals surface area contributed by atoms with Crippen LogP contribution in [0.2, 0.25) is 5.02 Å². The van der Waals surface area contributed by atoms with Gasteiger partial charge in [-0.1, -0.05) is 48.0 Å². The second kappa shape index (κ2) is 10.4. The number of nitrogens with one attached hydrogen (secondary N) is 2. The van der Waals surface area contributed by atoms with Crippen molar-refractivity contribution in [1.29, 1.82) is 0 Å². The van der Waals surface area contributed by atoms with Gasteiger partial charge in [0.15, 0.2) is 0 Å². The quantitative estimate of drug-likeness (QED) is 0.268. The van der Waals surface area contributed by atoms with Gasteiger partial charge in [0.2, 0.25) is 16.0 Å². The van der Waals surface area contributed by atoms with Gasteiger partial charge in [-0.25, -0.2) is 23.1 Å². The third-order valence-corrected chi connectivity index (χ3v) is 7.89. The standard InChI is InChI=1S/C27H24ClN7O3S/c1-16(25-33-22-13-7-12-21(28)23(22)26(36)35(25)18-9-4-3-5-10-18)32-24-20(15-31-27(29)34-24)17-8-6-11-19(14-17)39(37,38)30-2/h3-16,30H,1-2H3,(H3,29,31,32,34)/t16-/m0/s1. The van der Waals surface area contributed by atoms with Gasteiger partial charge in [0.1, 0.15) is 11.6 Å². The van der Waals surface area contributed by atoms with Crippen LogP contribution >= 0.6 is 11.6 Å². The molecule has 2 heterocycles. The van der Waals surface area contributed by atoms with Crippen LogP contribution in [0.25, 0.3) is 27.7 Å². The Kier molecular flexibility index (Phi) is 7.04.